The maximum atomic E-state index is 12.2. The van der Waals surface area contributed by atoms with Crippen LogP contribution in [0.25, 0.3) is 5.70 Å². The molecule has 1 aromatic carbocycles. The Labute approximate surface area is 131 Å². The monoisotopic (exact) mass is 349 g/mol. The molecule has 5 heteroatoms. The van der Waals surface area contributed by atoms with Gasteiger partial charge in [-0.1, -0.05) is 15.9 Å². The summed E-state index contributed by atoms with van der Waals surface area (Å²) in [5.41, 5.74) is 1.25. The lowest BCUT2D eigenvalue weighted by molar-refractivity contribution is -0.125. The molecule has 0 spiro atoms. The summed E-state index contributed by atoms with van der Waals surface area (Å²) in [4.78, 5) is 25.5. The third kappa shape index (κ3) is 2.29. The van der Waals surface area contributed by atoms with E-state index in [1.54, 1.807) is 4.90 Å². The summed E-state index contributed by atoms with van der Waals surface area (Å²) in [6.45, 7) is 4.35. The van der Waals surface area contributed by atoms with Crippen molar-refractivity contribution in [3.63, 3.8) is 0 Å². The van der Waals surface area contributed by atoms with Crippen LogP contribution in [0.1, 0.15) is 32.3 Å². The summed E-state index contributed by atoms with van der Waals surface area (Å²) in [6.07, 6.45) is 2.16. The largest absolute Gasteiger partial charge is 0.482 e. The summed E-state index contributed by atoms with van der Waals surface area (Å²) in [5.74, 6) is 0.761. The molecule has 2 aliphatic heterocycles. The van der Waals surface area contributed by atoms with Crippen LogP contribution in [0.4, 0.5) is 0 Å². The zero-order chi connectivity index (χ0) is 15.2. The molecule has 0 aliphatic carbocycles. The molecule has 110 valence electrons. The number of ether oxygens (including phenoxy) is 1. The number of hydrogen-bond acceptors (Lipinski definition) is 3. The number of likely N-dealkylation sites (tertiary alicyclic amines) is 1. The zero-order valence-electron chi connectivity index (χ0n) is 12.0. The molecule has 0 unspecified atom stereocenters. The summed E-state index contributed by atoms with van der Waals surface area (Å²) in [5, 5.41) is 0. The van der Waals surface area contributed by atoms with Gasteiger partial charge in [-0.15, -0.1) is 0 Å². The summed E-state index contributed by atoms with van der Waals surface area (Å²) in [6, 6.07) is 5.66. The highest BCUT2D eigenvalue weighted by atomic mass is 79.9. The van der Waals surface area contributed by atoms with Gasteiger partial charge in [0, 0.05) is 23.0 Å². The van der Waals surface area contributed by atoms with Gasteiger partial charge in [0.2, 0.25) is 5.91 Å². The molecule has 1 aromatic rings. The van der Waals surface area contributed by atoms with Gasteiger partial charge in [-0.05, 0) is 38.5 Å². The van der Waals surface area contributed by atoms with Crippen LogP contribution in [-0.2, 0) is 9.59 Å². The van der Waals surface area contributed by atoms with Crippen LogP contribution in [0.2, 0.25) is 0 Å². The molecule has 1 amide bonds. The Morgan fingerprint density at radius 1 is 1.38 bits per heavy atom. The van der Waals surface area contributed by atoms with Crippen LogP contribution >= 0.6 is 15.9 Å². The van der Waals surface area contributed by atoms with Crippen molar-refractivity contribution >= 4 is 33.8 Å². The summed E-state index contributed by atoms with van der Waals surface area (Å²) < 4.78 is 6.84. The van der Waals surface area contributed by atoms with Crippen molar-refractivity contribution in [3.8, 4) is 5.75 Å². The van der Waals surface area contributed by atoms with Crippen molar-refractivity contribution in [1.82, 2.24) is 4.90 Å². The highest BCUT2D eigenvalue weighted by Crippen LogP contribution is 2.43. The minimum atomic E-state index is -0.749. The van der Waals surface area contributed by atoms with E-state index in [0.29, 0.717) is 30.0 Å². The number of rotatable bonds is 2. The van der Waals surface area contributed by atoms with E-state index < -0.39 is 5.60 Å². The Bertz CT molecular complexity index is 663. The van der Waals surface area contributed by atoms with Crippen LogP contribution in [-0.4, -0.2) is 29.2 Å². The number of fused-ring (bicyclic) bond motifs is 1. The number of benzene rings is 1. The zero-order valence-corrected chi connectivity index (χ0v) is 13.6. The third-order valence-electron chi connectivity index (χ3n) is 3.93. The molecular weight excluding hydrogens is 334 g/mol. The van der Waals surface area contributed by atoms with Crippen LogP contribution in [0.5, 0.6) is 5.75 Å². The first-order valence-electron chi connectivity index (χ1n) is 6.93. The first-order chi connectivity index (χ1) is 9.94. The molecule has 1 fully saturated rings. The molecule has 0 bridgehead atoms. The average Bonchev–Trinajstić information content (AvgIpc) is 2.83. The number of hydrogen-bond donors (Lipinski definition) is 0. The van der Waals surface area contributed by atoms with Crippen molar-refractivity contribution in [2.24, 2.45) is 0 Å². The van der Waals surface area contributed by atoms with Gasteiger partial charge < -0.3 is 9.64 Å². The maximum Gasteiger partial charge on any atom is 0.227 e. The molecule has 0 saturated carbocycles. The molecule has 2 aliphatic rings. The molecule has 0 N–H and O–H groups in total. The Kier molecular flexibility index (Phi) is 3.40. The quantitative estimate of drug-likeness (QED) is 0.770. The lowest BCUT2D eigenvalue weighted by atomic mass is 9.90. The number of aldehydes is 1. The number of carbonyl (C=O) groups excluding carboxylic acids is 2. The van der Waals surface area contributed by atoms with Crippen LogP contribution in [0.3, 0.4) is 0 Å². The van der Waals surface area contributed by atoms with E-state index in [1.165, 1.54) is 0 Å². The van der Waals surface area contributed by atoms with E-state index in [0.717, 1.165) is 22.7 Å². The first kappa shape index (κ1) is 14.3. The van der Waals surface area contributed by atoms with Gasteiger partial charge >= 0.3 is 0 Å². The highest BCUT2D eigenvalue weighted by Gasteiger charge is 2.39. The molecule has 3 rings (SSSR count). The first-order valence-corrected chi connectivity index (χ1v) is 7.72. The smallest absolute Gasteiger partial charge is 0.227 e. The number of amides is 1. The predicted molar refractivity (Wildman–Crippen MR) is 82.8 cm³/mol. The van der Waals surface area contributed by atoms with Crippen molar-refractivity contribution in [1.29, 1.82) is 0 Å². The van der Waals surface area contributed by atoms with E-state index in [-0.39, 0.29) is 5.91 Å². The van der Waals surface area contributed by atoms with Crippen molar-refractivity contribution in [3.05, 3.63) is 33.8 Å². The van der Waals surface area contributed by atoms with E-state index in [2.05, 4.69) is 15.9 Å². The topological polar surface area (TPSA) is 46.6 Å². The van der Waals surface area contributed by atoms with Crippen LogP contribution < -0.4 is 4.74 Å². The molecule has 0 aromatic heterocycles. The van der Waals surface area contributed by atoms with Gasteiger partial charge in [-0.3, -0.25) is 9.59 Å². The average molecular weight is 350 g/mol. The Morgan fingerprint density at radius 2 is 2.14 bits per heavy atom. The SMILES string of the molecule is CC1(C)Oc2ccc(Br)cc2C(N2CCCC2=O)=C1C=O. The van der Waals surface area contributed by atoms with Gasteiger partial charge in [-0.25, -0.2) is 0 Å². The molecule has 21 heavy (non-hydrogen) atoms. The van der Waals surface area contributed by atoms with Gasteiger partial charge in [0.05, 0.1) is 11.3 Å². The fraction of sp³-hybridized carbons (Fsp3) is 0.375. The van der Waals surface area contributed by atoms with E-state index in [4.69, 9.17) is 4.74 Å². The molecule has 0 atom stereocenters. The summed E-state index contributed by atoms with van der Waals surface area (Å²) in [7, 11) is 0. The van der Waals surface area contributed by atoms with Gasteiger partial charge in [0.25, 0.3) is 0 Å². The number of halogens is 1. The lowest BCUT2D eigenvalue weighted by Crippen LogP contribution is -2.39. The number of carbonyl (C=O) groups is 2. The molecular formula is C16H16BrNO3. The van der Waals surface area contributed by atoms with Crippen LogP contribution in [0.15, 0.2) is 28.2 Å². The molecule has 2 heterocycles. The van der Waals surface area contributed by atoms with E-state index in [1.807, 2.05) is 32.0 Å². The van der Waals surface area contributed by atoms with Gasteiger partial charge in [0.15, 0.2) is 6.29 Å². The molecule has 1 saturated heterocycles. The fourth-order valence-corrected chi connectivity index (χ4v) is 3.27. The van der Waals surface area contributed by atoms with Crippen molar-refractivity contribution in [2.75, 3.05) is 6.54 Å². The second kappa shape index (κ2) is 4.98. The minimum absolute atomic E-state index is 0.0629. The Morgan fingerprint density at radius 3 is 2.76 bits per heavy atom. The van der Waals surface area contributed by atoms with Crippen molar-refractivity contribution < 1.29 is 14.3 Å². The second-order valence-electron chi connectivity index (χ2n) is 5.78. The van der Waals surface area contributed by atoms with E-state index in [9.17, 15) is 9.59 Å². The Hall–Kier alpha value is -1.62. The standard InChI is InChI=1S/C16H16BrNO3/c1-16(2)12(9-19)15(18-7-3-4-14(18)20)11-8-10(17)5-6-13(11)21-16/h5-6,8-9H,3-4,7H2,1-2H3. The second-order valence-corrected chi connectivity index (χ2v) is 6.70. The van der Waals surface area contributed by atoms with Gasteiger partial charge in [0.1, 0.15) is 11.4 Å². The maximum absolute atomic E-state index is 12.2. The van der Waals surface area contributed by atoms with Crippen LogP contribution in [0, 0.1) is 0 Å². The predicted octanol–water partition coefficient (Wildman–Crippen LogP) is 3.15. The third-order valence-corrected chi connectivity index (χ3v) is 4.42. The minimum Gasteiger partial charge on any atom is -0.482 e. The lowest BCUT2D eigenvalue weighted by Gasteiger charge is -2.37. The molecule has 4 nitrogen and oxygen atoms in total. The molecule has 0 radical (unpaired) electrons. The number of nitrogens with zero attached hydrogens (tertiary/aromatic N) is 1. The normalized spacial score (nSPS) is 20.3. The van der Waals surface area contributed by atoms with E-state index >= 15 is 0 Å². The highest BCUT2D eigenvalue weighted by molar-refractivity contribution is 9.10. The van der Waals surface area contributed by atoms with Crippen molar-refractivity contribution in [2.45, 2.75) is 32.3 Å². The Balaban J connectivity index is 2.27. The van der Waals surface area contributed by atoms with Gasteiger partial charge in [-0.2, -0.15) is 0 Å². The fourth-order valence-electron chi connectivity index (χ4n) is 2.91. The summed E-state index contributed by atoms with van der Waals surface area (Å²) >= 11 is 3.44.